The van der Waals surface area contributed by atoms with Gasteiger partial charge < -0.3 is 5.32 Å². The zero-order valence-corrected chi connectivity index (χ0v) is 23.2. The Kier molecular flexibility index (Phi) is 8.79. The topological polar surface area (TPSA) is 59.8 Å². The molecule has 0 fully saturated rings. The van der Waals surface area contributed by atoms with Gasteiger partial charge in [0.2, 0.25) is 0 Å². The van der Waals surface area contributed by atoms with Crippen LogP contribution < -0.4 is 5.32 Å². The Hall–Kier alpha value is -3.72. The fourth-order valence-electron chi connectivity index (χ4n) is 4.16. The van der Waals surface area contributed by atoms with Crippen molar-refractivity contribution in [3.05, 3.63) is 141 Å². The Morgan fingerprint density at radius 1 is 0.875 bits per heavy atom. The fourth-order valence-corrected chi connectivity index (χ4v) is 5.56. The van der Waals surface area contributed by atoms with Crippen molar-refractivity contribution < 1.29 is 13.6 Å². The minimum absolute atomic E-state index is 0.0814. The number of hydrogen-bond acceptors (Lipinski definition) is 4. The second-order valence-electron chi connectivity index (χ2n) is 8.88. The molecule has 0 aliphatic carbocycles. The van der Waals surface area contributed by atoms with Crippen LogP contribution in [0.15, 0.2) is 102 Å². The molecule has 40 heavy (non-hydrogen) atoms. The number of halogens is 4. The van der Waals surface area contributed by atoms with Crippen LogP contribution in [0.5, 0.6) is 0 Å². The van der Waals surface area contributed by atoms with Crippen molar-refractivity contribution in [1.29, 1.82) is 0 Å². The molecule has 5 nitrogen and oxygen atoms in total. The van der Waals surface area contributed by atoms with Crippen LogP contribution in [0.1, 0.15) is 33.4 Å². The Morgan fingerprint density at radius 2 is 1.60 bits per heavy atom. The number of carbonyl (C=O) groups is 1. The fraction of sp³-hybridized carbons (Fsp3) is 0.100. The third-order valence-electron chi connectivity index (χ3n) is 6.11. The molecule has 0 spiro atoms. The molecule has 10 heteroatoms. The van der Waals surface area contributed by atoms with E-state index in [4.69, 9.17) is 23.2 Å². The number of rotatable bonds is 9. The maximum absolute atomic E-state index is 14.5. The lowest BCUT2D eigenvalue weighted by molar-refractivity contribution is 0.0930. The summed E-state index contributed by atoms with van der Waals surface area (Å²) in [6, 6.07) is 25.9. The van der Waals surface area contributed by atoms with Crippen molar-refractivity contribution >= 4 is 40.9 Å². The van der Waals surface area contributed by atoms with E-state index in [1.165, 1.54) is 42.1 Å². The van der Waals surface area contributed by atoms with E-state index in [0.717, 1.165) is 11.1 Å². The van der Waals surface area contributed by atoms with Crippen LogP contribution in [-0.2, 0) is 12.2 Å². The Bertz CT molecular complexity index is 1630. The number of aromatic nitrogens is 3. The summed E-state index contributed by atoms with van der Waals surface area (Å²) in [7, 11) is 0. The first-order chi connectivity index (χ1) is 19.4. The van der Waals surface area contributed by atoms with Crippen LogP contribution in [0.25, 0.3) is 5.69 Å². The first-order valence-electron chi connectivity index (χ1n) is 12.3. The highest BCUT2D eigenvalue weighted by atomic mass is 35.5. The number of carbonyl (C=O) groups excluding carboxylic acids is 1. The monoisotopic (exact) mass is 594 g/mol. The standard InChI is InChI=1S/C30H22Cl2F2N4OS/c31-21-12-15-27(24(32)17-21)38-28(36-37-30(38)40-18-20-10-13-22(33)14-11-20)26(16-19-6-2-1-3-7-19)35-29(39)23-8-4-5-9-25(23)34/h1-15,17,26H,16,18H2,(H,35,39). The first kappa shape index (κ1) is 27.8. The van der Waals surface area contributed by atoms with Crippen molar-refractivity contribution in [2.75, 3.05) is 0 Å². The summed E-state index contributed by atoms with van der Waals surface area (Å²) in [5.41, 5.74) is 2.30. The summed E-state index contributed by atoms with van der Waals surface area (Å²) >= 11 is 14.2. The lowest BCUT2D eigenvalue weighted by atomic mass is 10.0. The molecule has 0 aliphatic heterocycles. The SMILES string of the molecule is O=C(NC(Cc1ccccc1)c1nnc(SCc2ccc(F)cc2)n1-c1ccc(Cl)cc1Cl)c1ccccc1F. The highest BCUT2D eigenvalue weighted by molar-refractivity contribution is 7.98. The van der Waals surface area contributed by atoms with Gasteiger partial charge in [0.25, 0.3) is 5.91 Å². The molecule has 1 amide bonds. The zero-order valence-electron chi connectivity index (χ0n) is 20.9. The van der Waals surface area contributed by atoms with E-state index in [2.05, 4.69) is 15.5 Å². The van der Waals surface area contributed by atoms with Gasteiger partial charge in [-0.2, -0.15) is 0 Å². The van der Waals surface area contributed by atoms with Crippen molar-refractivity contribution in [2.45, 2.75) is 23.4 Å². The van der Waals surface area contributed by atoms with Crippen LogP contribution >= 0.6 is 35.0 Å². The zero-order chi connectivity index (χ0) is 28.1. The van der Waals surface area contributed by atoms with Gasteiger partial charge in [-0.05, 0) is 60.0 Å². The number of benzene rings is 4. The molecular weight excluding hydrogens is 573 g/mol. The normalized spacial score (nSPS) is 11.8. The molecular formula is C30H22Cl2F2N4OS. The van der Waals surface area contributed by atoms with E-state index in [0.29, 0.717) is 38.9 Å². The second kappa shape index (κ2) is 12.6. The van der Waals surface area contributed by atoms with Crippen LogP contribution in [-0.4, -0.2) is 20.7 Å². The van der Waals surface area contributed by atoms with Crippen LogP contribution in [0.3, 0.4) is 0 Å². The summed E-state index contributed by atoms with van der Waals surface area (Å²) in [5, 5.41) is 13.2. The summed E-state index contributed by atoms with van der Waals surface area (Å²) in [5.74, 6) is -0.650. The largest absolute Gasteiger partial charge is 0.342 e. The number of nitrogens with zero attached hydrogens (tertiary/aromatic N) is 3. The number of amides is 1. The van der Waals surface area contributed by atoms with Crippen molar-refractivity contribution in [3.8, 4) is 5.69 Å². The summed E-state index contributed by atoms with van der Waals surface area (Å²) in [6.45, 7) is 0. The molecule has 5 rings (SSSR count). The maximum atomic E-state index is 14.5. The maximum Gasteiger partial charge on any atom is 0.254 e. The van der Waals surface area contributed by atoms with Gasteiger partial charge in [-0.1, -0.05) is 89.6 Å². The molecule has 0 saturated carbocycles. The molecule has 0 aliphatic rings. The predicted molar refractivity (Wildman–Crippen MR) is 154 cm³/mol. The molecule has 4 aromatic carbocycles. The third-order valence-corrected chi connectivity index (χ3v) is 7.65. The van der Waals surface area contributed by atoms with Gasteiger partial charge in [0.05, 0.1) is 22.3 Å². The molecule has 1 N–H and O–H groups in total. The average molecular weight is 596 g/mol. The van der Waals surface area contributed by atoms with E-state index >= 15 is 0 Å². The molecule has 1 aromatic heterocycles. The van der Waals surface area contributed by atoms with Crippen LogP contribution in [0.2, 0.25) is 10.0 Å². The molecule has 0 saturated heterocycles. The van der Waals surface area contributed by atoms with E-state index < -0.39 is 17.8 Å². The van der Waals surface area contributed by atoms with E-state index in [-0.39, 0.29) is 11.4 Å². The number of hydrogen-bond donors (Lipinski definition) is 1. The molecule has 1 heterocycles. The molecule has 1 unspecified atom stereocenters. The molecule has 0 bridgehead atoms. The van der Waals surface area contributed by atoms with Crippen LogP contribution in [0.4, 0.5) is 8.78 Å². The predicted octanol–water partition coefficient (Wildman–Crippen LogP) is 7.86. The van der Waals surface area contributed by atoms with E-state index in [9.17, 15) is 13.6 Å². The highest BCUT2D eigenvalue weighted by Crippen LogP contribution is 2.33. The van der Waals surface area contributed by atoms with E-state index in [1.54, 1.807) is 41.0 Å². The minimum atomic E-state index is -0.700. The minimum Gasteiger partial charge on any atom is -0.342 e. The second-order valence-corrected chi connectivity index (χ2v) is 10.7. The van der Waals surface area contributed by atoms with E-state index in [1.807, 2.05) is 30.3 Å². The van der Waals surface area contributed by atoms with Gasteiger partial charge in [0.1, 0.15) is 11.6 Å². The lowest BCUT2D eigenvalue weighted by Crippen LogP contribution is -2.32. The summed E-state index contributed by atoms with van der Waals surface area (Å²) in [6.07, 6.45) is 0.354. The third kappa shape index (κ3) is 6.53. The van der Waals surface area contributed by atoms with Gasteiger partial charge in [-0.3, -0.25) is 9.36 Å². The van der Waals surface area contributed by atoms with Gasteiger partial charge in [-0.25, -0.2) is 8.78 Å². The summed E-state index contributed by atoms with van der Waals surface area (Å²) in [4.78, 5) is 13.3. The lowest BCUT2D eigenvalue weighted by Gasteiger charge is -2.21. The van der Waals surface area contributed by atoms with Gasteiger partial charge in [0, 0.05) is 10.8 Å². The Labute approximate surface area is 244 Å². The van der Waals surface area contributed by atoms with Crippen molar-refractivity contribution in [3.63, 3.8) is 0 Å². The Morgan fingerprint density at radius 3 is 2.33 bits per heavy atom. The molecule has 0 radical (unpaired) electrons. The number of thioether (sulfide) groups is 1. The van der Waals surface area contributed by atoms with Crippen LogP contribution in [0, 0.1) is 11.6 Å². The molecule has 1 atom stereocenters. The van der Waals surface area contributed by atoms with Crippen molar-refractivity contribution in [2.24, 2.45) is 0 Å². The van der Waals surface area contributed by atoms with Gasteiger partial charge in [-0.15, -0.1) is 10.2 Å². The summed E-state index contributed by atoms with van der Waals surface area (Å²) < 4.78 is 29.7. The Balaban J connectivity index is 1.57. The smallest absolute Gasteiger partial charge is 0.254 e. The van der Waals surface area contributed by atoms with Gasteiger partial charge in [0.15, 0.2) is 11.0 Å². The average Bonchev–Trinajstić information content (AvgIpc) is 3.36. The van der Waals surface area contributed by atoms with Crippen molar-refractivity contribution in [1.82, 2.24) is 20.1 Å². The van der Waals surface area contributed by atoms with Gasteiger partial charge >= 0.3 is 0 Å². The number of nitrogens with one attached hydrogen (secondary N) is 1. The first-order valence-corrected chi connectivity index (χ1v) is 14.0. The quantitative estimate of drug-likeness (QED) is 0.176. The highest BCUT2D eigenvalue weighted by Gasteiger charge is 2.27. The molecule has 202 valence electrons. The molecule has 5 aromatic rings.